The van der Waals surface area contributed by atoms with Crippen LogP contribution in [-0.2, 0) is 0 Å². The lowest BCUT2D eigenvalue weighted by molar-refractivity contribution is 0.0573. The molecule has 0 saturated heterocycles. The molecule has 0 aromatic carbocycles. The van der Waals surface area contributed by atoms with Crippen molar-refractivity contribution in [3.63, 3.8) is 0 Å². The Kier molecular flexibility index (Phi) is 4.46. The maximum atomic E-state index is 9.15. The van der Waals surface area contributed by atoms with Crippen molar-refractivity contribution in [2.45, 2.75) is 32.6 Å². The average molecular weight is 274 g/mol. The van der Waals surface area contributed by atoms with Crippen molar-refractivity contribution in [2.24, 2.45) is 11.3 Å². The Hall–Kier alpha value is -1.80. The van der Waals surface area contributed by atoms with Gasteiger partial charge in [0.1, 0.15) is 17.5 Å². The zero-order valence-electron chi connectivity index (χ0n) is 11.9. The van der Waals surface area contributed by atoms with Crippen molar-refractivity contribution in [3.8, 4) is 6.07 Å². The summed E-state index contributed by atoms with van der Waals surface area (Å²) in [6.45, 7) is 3.24. The van der Waals surface area contributed by atoms with Crippen LogP contribution in [0.2, 0.25) is 0 Å². The van der Waals surface area contributed by atoms with Gasteiger partial charge in [-0.05, 0) is 36.7 Å². The number of pyridine rings is 1. The molecule has 20 heavy (non-hydrogen) atoms. The van der Waals surface area contributed by atoms with Gasteiger partial charge in [0.15, 0.2) is 0 Å². The Morgan fingerprint density at radius 1 is 1.60 bits per heavy atom. The summed E-state index contributed by atoms with van der Waals surface area (Å²) in [5.41, 5.74) is 7.11. The normalized spacial score (nSPS) is 17.9. The van der Waals surface area contributed by atoms with Crippen LogP contribution in [0.5, 0.6) is 0 Å². The molecule has 1 atom stereocenters. The quantitative estimate of drug-likeness (QED) is 0.738. The second kappa shape index (κ2) is 6.10. The molecule has 1 aromatic heterocycles. The van der Waals surface area contributed by atoms with Crippen LogP contribution < -0.4 is 11.1 Å². The SMILES string of the molecule is CC(CCO)C1(CNc2ccnc(N)c2C#N)CCC1. The Bertz CT molecular complexity index is 505. The minimum absolute atomic E-state index is 0.230. The Balaban J connectivity index is 2.08. The summed E-state index contributed by atoms with van der Waals surface area (Å²) in [6.07, 6.45) is 6.02. The molecule has 1 fully saturated rings. The number of nitriles is 1. The van der Waals surface area contributed by atoms with Gasteiger partial charge in [0.05, 0.1) is 5.69 Å². The zero-order valence-corrected chi connectivity index (χ0v) is 11.9. The van der Waals surface area contributed by atoms with Gasteiger partial charge in [-0.15, -0.1) is 0 Å². The first kappa shape index (κ1) is 14.6. The highest BCUT2D eigenvalue weighted by Crippen LogP contribution is 2.48. The number of aliphatic hydroxyl groups is 1. The second-order valence-corrected chi connectivity index (χ2v) is 5.71. The number of nitrogens with two attached hydrogens (primary N) is 1. The molecule has 0 bridgehead atoms. The van der Waals surface area contributed by atoms with E-state index in [2.05, 4.69) is 23.3 Å². The summed E-state index contributed by atoms with van der Waals surface area (Å²) < 4.78 is 0. The van der Waals surface area contributed by atoms with Crippen molar-refractivity contribution in [3.05, 3.63) is 17.8 Å². The van der Waals surface area contributed by atoms with Gasteiger partial charge < -0.3 is 16.2 Å². The Labute approximate surface area is 119 Å². The van der Waals surface area contributed by atoms with Gasteiger partial charge >= 0.3 is 0 Å². The molecule has 1 aliphatic carbocycles. The molecule has 1 unspecified atom stereocenters. The highest BCUT2D eigenvalue weighted by molar-refractivity contribution is 5.66. The van der Waals surface area contributed by atoms with Crippen LogP contribution in [0.1, 0.15) is 38.2 Å². The van der Waals surface area contributed by atoms with Gasteiger partial charge in [0.2, 0.25) is 0 Å². The molecular formula is C15H22N4O. The molecule has 1 aliphatic rings. The van der Waals surface area contributed by atoms with Crippen molar-refractivity contribution in [1.29, 1.82) is 5.26 Å². The molecule has 1 aromatic rings. The second-order valence-electron chi connectivity index (χ2n) is 5.71. The summed E-state index contributed by atoms with van der Waals surface area (Å²) >= 11 is 0. The van der Waals surface area contributed by atoms with Crippen LogP contribution in [0.15, 0.2) is 12.3 Å². The lowest BCUT2D eigenvalue weighted by atomic mass is 9.60. The average Bonchev–Trinajstić information content (AvgIpc) is 2.38. The monoisotopic (exact) mass is 274 g/mol. The predicted molar refractivity (Wildman–Crippen MR) is 79.0 cm³/mol. The maximum absolute atomic E-state index is 9.15. The van der Waals surface area contributed by atoms with E-state index in [1.54, 1.807) is 12.3 Å². The molecule has 5 nitrogen and oxygen atoms in total. The van der Waals surface area contributed by atoms with E-state index in [1.807, 2.05) is 0 Å². The number of nitrogens with one attached hydrogen (secondary N) is 1. The Morgan fingerprint density at radius 3 is 2.90 bits per heavy atom. The van der Waals surface area contributed by atoms with Crippen molar-refractivity contribution < 1.29 is 5.11 Å². The van der Waals surface area contributed by atoms with Crippen molar-refractivity contribution in [1.82, 2.24) is 4.98 Å². The molecule has 0 amide bonds. The third kappa shape index (κ3) is 2.70. The summed E-state index contributed by atoms with van der Waals surface area (Å²) in [4.78, 5) is 3.94. The number of aromatic nitrogens is 1. The van der Waals surface area contributed by atoms with E-state index in [1.165, 1.54) is 19.3 Å². The summed E-state index contributed by atoms with van der Waals surface area (Å²) in [5, 5.41) is 21.6. The first-order valence-corrected chi connectivity index (χ1v) is 7.12. The zero-order chi connectivity index (χ0) is 14.6. The fourth-order valence-corrected chi connectivity index (χ4v) is 2.99. The van der Waals surface area contributed by atoms with E-state index in [0.29, 0.717) is 11.5 Å². The fraction of sp³-hybridized carbons (Fsp3) is 0.600. The predicted octanol–water partition coefficient (Wildman–Crippen LogP) is 2.14. The number of rotatable bonds is 6. The smallest absolute Gasteiger partial charge is 0.143 e. The van der Waals surface area contributed by atoms with E-state index < -0.39 is 0 Å². The van der Waals surface area contributed by atoms with Crippen molar-refractivity contribution >= 4 is 11.5 Å². The molecule has 5 heteroatoms. The third-order valence-electron chi connectivity index (χ3n) is 4.68. The highest BCUT2D eigenvalue weighted by Gasteiger charge is 2.41. The van der Waals surface area contributed by atoms with Crippen molar-refractivity contribution in [2.75, 3.05) is 24.2 Å². The molecule has 0 aliphatic heterocycles. The standard InChI is InChI=1S/C15H22N4O/c1-11(4-8-20)15(5-2-6-15)10-19-13-3-7-18-14(17)12(13)9-16/h3,7,11,20H,2,4-6,8,10H2,1H3,(H3,17,18,19). The maximum Gasteiger partial charge on any atom is 0.143 e. The molecule has 1 saturated carbocycles. The van der Waals surface area contributed by atoms with E-state index >= 15 is 0 Å². The third-order valence-corrected chi connectivity index (χ3v) is 4.68. The molecule has 0 spiro atoms. The van der Waals surface area contributed by atoms with Gasteiger partial charge in [-0.2, -0.15) is 5.26 Å². The lowest BCUT2D eigenvalue weighted by Crippen LogP contribution is -2.42. The minimum Gasteiger partial charge on any atom is -0.396 e. The number of aliphatic hydroxyl groups excluding tert-OH is 1. The first-order valence-electron chi connectivity index (χ1n) is 7.12. The summed E-state index contributed by atoms with van der Waals surface area (Å²) in [6, 6.07) is 3.89. The van der Waals surface area contributed by atoms with Crippen LogP contribution in [0, 0.1) is 22.7 Å². The fourth-order valence-electron chi connectivity index (χ4n) is 2.99. The van der Waals surface area contributed by atoms with E-state index in [9.17, 15) is 0 Å². The molecule has 108 valence electrons. The van der Waals surface area contributed by atoms with Gasteiger partial charge in [-0.1, -0.05) is 13.3 Å². The van der Waals surface area contributed by atoms with Gasteiger partial charge in [-0.25, -0.2) is 4.98 Å². The minimum atomic E-state index is 0.230. The summed E-state index contributed by atoms with van der Waals surface area (Å²) in [7, 11) is 0. The molecule has 4 N–H and O–H groups in total. The Morgan fingerprint density at radius 2 is 2.35 bits per heavy atom. The molecule has 2 rings (SSSR count). The topological polar surface area (TPSA) is 95.0 Å². The van der Waals surface area contributed by atoms with Gasteiger partial charge in [-0.3, -0.25) is 0 Å². The first-order chi connectivity index (χ1) is 9.63. The number of nitrogen functional groups attached to an aromatic ring is 1. The molecular weight excluding hydrogens is 252 g/mol. The highest BCUT2D eigenvalue weighted by atomic mass is 16.3. The van der Waals surface area contributed by atoms with Gasteiger partial charge in [0.25, 0.3) is 0 Å². The number of anilines is 2. The molecule has 1 heterocycles. The number of nitrogens with zero attached hydrogens (tertiary/aromatic N) is 2. The summed E-state index contributed by atoms with van der Waals surface area (Å²) in [5.74, 6) is 0.738. The van der Waals surface area contributed by atoms with Crippen LogP contribution in [0.4, 0.5) is 11.5 Å². The van der Waals surface area contributed by atoms with E-state index in [0.717, 1.165) is 18.7 Å². The van der Waals surface area contributed by atoms with Crippen LogP contribution in [0.25, 0.3) is 0 Å². The lowest BCUT2D eigenvalue weighted by Gasteiger charge is -2.47. The number of hydrogen-bond donors (Lipinski definition) is 3. The number of hydrogen-bond acceptors (Lipinski definition) is 5. The van der Waals surface area contributed by atoms with E-state index in [-0.39, 0.29) is 17.8 Å². The van der Waals surface area contributed by atoms with Gasteiger partial charge in [0, 0.05) is 19.3 Å². The molecule has 0 radical (unpaired) electrons. The van der Waals surface area contributed by atoms with Crippen LogP contribution in [-0.4, -0.2) is 23.2 Å². The van der Waals surface area contributed by atoms with Crippen LogP contribution >= 0.6 is 0 Å². The van der Waals surface area contributed by atoms with E-state index in [4.69, 9.17) is 16.1 Å². The van der Waals surface area contributed by atoms with Crippen LogP contribution in [0.3, 0.4) is 0 Å². The largest absolute Gasteiger partial charge is 0.396 e.